The SMILES string of the molecule is CCCC/C=C\CCCCCCCC(=O)OCCCCCCCCCCCCCC/C=C\CCCCCCCCCC(=O)NC(CO)C(O)CCCCCCCCCCCCCCCCCCCCCCCC. The molecule has 0 saturated carbocycles. The van der Waals surface area contributed by atoms with Crippen molar-refractivity contribution in [3.8, 4) is 0 Å². The molecule has 0 aromatic heterocycles. The van der Waals surface area contributed by atoms with E-state index in [9.17, 15) is 19.8 Å². The van der Waals surface area contributed by atoms with Gasteiger partial charge in [-0.05, 0) is 70.6 Å². The lowest BCUT2D eigenvalue weighted by atomic mass is 10.0. The first-order valence-electron chi connectivity index (χ1n) is 33.1. The van der Waals surface area contributed by atoms with E-state index in [1.165, 1.54) is 289 Å². The average Bonchev–Trinajstić information content (AvgIpc) is 3.39. The van der Waals surface area contributed by atoms with Crippen LogP contribution >= 0.6 is 0 Å². The number of hydrogen-bond donors (Lipinski definition) is 3. The van der Waals surface area contributed by atoms with Crippen LogP contribution in [0.5, 0.6) is 0 Å². The van der Waals surface area contributed by atoms with Gasteiger partial charge in [0.25, 0.3) is 0 Å². The van der Waals surface area contributed by atoms with Gasteiger partial charge in [0.05, 0.1) is 25.4 Å². The molecule has 0 rings (SSSR count). The van der Waals surface area contributed by atoms with Crippen molar-refractivity contribution in [3.63, 3.8) is 0 Å². The van der Waals surface area contributed by atoms with Crippen molar-refractivity contribution in [2.45, 2.75) is 379 Å². The number of esters is 1. The highest BCUT2D eigenvalue weighted by atomic mass is 16.5. The van der Waals surface area contributed by atoms with E-state index in [-0.39, 0.29) is 18.5 Å². The molecule has 6 nitrogen and oxygen atoms in total. The van der Waals surface area contributed by atoms with Crippen LogP contribution < -0.4 is 5.32 Å². The van der Waals surface area contributed by atoms with Crippen LogP contribution in [0.3, 0.4) is 0 Å². The van der Waals surface area contributed by atoms with Crippen LogP contribution in [-0.2, 0) is 14.3 Å². The Balaban J connectivity index is 3.42. The van der Waals surface area contributed by atoms with Crippen LogP contribution in [0.15, 0.2) is 24.3 Å². The molecule has 0 aliphatic carbocycles. The van der Waals surface area contributed by atoms with Crippen LogP contribution in [0.1, 0.15) is 367 Å². The summed E-state index contributed by atoms with van der Waals surface area (Å²) in [6.07, 6.45) is 77.8. The Bertz CT molecular complexity index is 1140. The van der Waals surface area contributed by atoms with E-state index in [4.69, 9.17) is 4.74 Å². The number of carbonyl (C=O) groups is 2. The molecule has 73 heavy (non-hydrogen) atoms. The highest BCUT2D eigenvalue weighted by Crippen LogP contribution is 2.18. The lowest BCUT2D eigenvalue weighted by Crippen LogP contribution is -2.45. The summed E-state index contributed by atoms with van der Waals surface area (Å²) in [4.78, 5) is 24.5. The Morgan fingerprint density at radius 3 is 1.01 bits per heavy atom. The molecule has 0 aliphatic heterocycles. The number of aliphatic hydroxyl groups is 2. The lowest BCUT2D eigenvalue weighted by Gasteiger charge is -2.22. The van der Waals surface area contributed by atoms with Crippen molar-refractivity contribution < 1.29 is 24.5 Å². The summed E-state index contributed by atoms with van der Waals surface area (Å²) >= 11 is 0. The second-order valence-electron chi connectivity index (χ2n) is 22.8. The number of nitrogens with one attached hydrogen (secondary N) is 1. The van der Waals surface area contributed by atoms with Crippen LogP contribution in [0.25, 0.3) is 0 Å². The van der Waals surface area contributed by atoms with Crippen LogP contribution in [-0.4, -0.2) is 47.4 Å². The molecule has 0 saturated heterocycles. The number of amides is 1. The third-order valence-corrected chi connectivity index (χ3v) is 15.5. The highest BCUT2D eigenvalue weighted by molar-refractivity contribution is 5.76. The standard InChI is InChI=1S/C67H129NO5/c1-3-5-7-9-11-13-15-16-17-18-19-20-24-27-30-33-36-40-43-47-51-55-59-65(70)64(63-69)68-66(71)60-56-52-48-44-41-37-34-31-28-25-22-21-23-26-29-32-35-38-42-46-50-54-58-62-73-67(72)61-57-53-49-45-39-14-12-10-8-6-4-2/h10,12,25,28,64-65,69-70H,3-9,11,13-24,26-27,29-63H2,1-2H3,(H,68,71)/b12-10-,28-25-. The van der Waals surface area contributed by atoms with E-state index >= 15 is 0 Å². The first kappa shape index (κ1) is 71.3. The number of hydrogen-bond acceptors (Lipinski definition) is 5. The van der Waals surface area contributed by atoms with Gasteiger partial charge in [-0.2, -0.15) is 0 Å². The molecule has 0 radical (unpaired) electrons. The summed E-state index contributed by atoms with van der Waals surface area (Å²) in [6.45, 7) is 4.94. The predicted octanol–water partition coefficient (Wildman–Crippen LogP) is 21.0. The van der Waals surface area contributed by atoms with Gasteiger partial charge in [-0.3, -0.25) is 9.59 Å². The Labute approximate surface area is 456 Å². The fourth-order valence-electron chi connectivity index (χ4n) is 10.4. The molecule has 0 bridgehead atoms. The normalized spacial score (nSPS) is 12.7. The first-order valence-corrected chi connectivity index (χ1v) is 33.1. The van der Waals surface area contributed by atoms with E-state index in [0.29, 0.717) is 25.9 Å². The smallest absolute Gasteiger partial charge is 0.305 e. The zero-order chi connectivity index (χ0) is 52.9. The number of unbranched alkanes of at least 4 members (excludes halogenated alkanes) is 47. The zero-order valence-corrected chi connectivity index (χ0v) is 49.4. The monoisotopic (exact) mass is 1030 g/mol. The Morgan fingerprint density at radius 1 is 0.370 bits per heavy atom. The molecule has 3 N–H and O–H groups in total. The Kier molecular flexibility index (Phi) is 61.4. The summed E-state index contributed by atoms with van der Waals surface area (Å²) in [7, 11) is 0. The molecule has 432 valence electrons. The van der Waals surface area contributed by atoms with Gasteiger partial charge in [-0.25, -0.2) is 0 Å². The molecule has 2 unspecified atom stereocenters. The summed E-state index contributed by atoms with van der Waals surface area (Å²) in [5.74, 6) is -0.0365. The van der Waals surface area contributed by atoms with E-state index in [0.717, 1.165) is 44.9 Å². The molecule has 2 atom stereocenters. The van der Waals surface area contributed by atoms with Gasteiger partial charge in [-0.15, -0.1) is 0 Å². The minimum absolute atomic E-state index is 0.000981. The lowest BCUT2D eigenvalue weighted by molar-refractivity contribution is -0.143. The van der Waals surface area contributed by atoms with Crippen molar-refractivity contribution in [2.24, 2.45) is 0 Å². The van der Waals surface area contributed by atoms with Gasteiger partial charge in [0, 0.05) is 12.8 Å². The molecule has 1 amide bonds. The van der Waals surface area contributed by atoms with Crippen LogP contribution in [0.4, 0.5) is 0 Å². The minimum atomic E-state index is -0.669. The third kappa shape index (κ3) is 59.4. The molecule has 0 aromatic carbocycles. The molecular weight excluding hydrogens is 899 g/mol. The summed E-state index contributed by atoms with van der Waals surface area (Å²) in [5.41, 5.74) is 0. The van der Waals surface area contributed by atoms with Gasteiger partial charge in [0.15, 0.2) is 0 Å². The van der Waals surface area contributed by atoms with Crippen LogP contribution in [0.2, 0.25) is 0 Å². The van der Waals surface area contributed by atoms with E-state index in [1.807, 2.05) is 0 Å². The van der Waals surface area contributed by atoms with Crippen molar-refractivity contribution in [1.82, 2.24) is 5.32 Å². The largest absolute Gasteiger partial charge is 0.466 e. The van der Waals surface area contributed by atoms with Gasteiger partial charge in [0.1, 0.15) is 0 Å². The van der Waals surface area contributed by atoms with Crippen molar-refractivity contribution in [2.75, 3.05) is 13.2 Å². The number of carbonyl (C=O) groups excluding carboxylic acids is 2. The number of rotatable bonds is 62. The van der Waals surface area contributed by atoms with Crippen LogP contribution in [0, 0.1) is 0 Å². The number of ether oxygens (including phenoxy) is 1. The van der Waals surface area contributed by atoms with Crippen molar-refractivity contribution in [1.29, 1.82) is 0 Å². The summed E-state index contributed by atoms with van der Waals surface area (Å²) < 4.78 is 5.46. The summed E-state index contributed by atoms with van der Waals surface area (Å²) in [6, 6.07) is -0.547. The second-order valence-corrected chi connectivity index (χ2v) is 22.8. The molecule has 6 heteroatoms. The Morgan fingerprint density at radius 2 is 0.658 bits per heavy atom. The van der Waals surface area contributed by atoms with Gasteiger partial charge < -0.3 is 20.3 Å². The average molecular weight is 1030 g/mol. The third-order valence-electron chi connectivity index (χ3n) is 15.5. The summed E-state index contributed by atoms with van der Waals surface area (Å²) in [5, 5.41) is 23.4. The van der Waals surface area contributed by atoms with Gasteiger partial charge in [0.2, 0.25) is 5.91 Å². The molecule has 0 aromatic rings. The Hall–Kier alpha value is -1.66. The number of aliphatic hydroxyl groups excluding tert-OH is 2. The molecular formula is C67H129NO5. The maximum absolute atomic E-state index is 12.5. The highest BCUT2D eigenvalue weighted by Gasteiger charge is 2.20. The molecule has 0 spiro atoms. The van der Waals surface area contributed by atoms with Crippen molar-refractivity contribution in [3.05, 3.63) is 24.3 Å². The minimum Gasteiger partial charge on any atom is -0.466 e. The molecule has 0 heterocycles. The second kappa shape index (κ2) is 62.9. The van der Waals surface area contributed by atoms with E-state index in [2.05, 4.69) is 43.5 Å². The fraction of sp³-hybridized carbons (Fsp3) is 0.910. The molecule has 0 fully saturated rings. The maximum atomic E-state index is 12.5. The topological polar surface area (TPSA) is 95.9 Å². The molecule has 0 aliphatic rings. The van der Waals surface area contributed by atoms with Crippen molar-refractivity contribution >= 4 is 11.9 Å². The van der Waals surface area contributed by atoms with E-state index in [1.54, 1.807) is 0 Å². The first-order chi connectivity index (χ1) is 36.0. The maximum Gasteiger partial charge on any atom is 0.305 e. The predicted molar refractivity (Wildman–Crippen MR) is 320 cm³/mol. The quantitative estimate of drug-likeness (QED) is 0.0320. The van der Waals surface area contributed by atoms with E-state index < -0.39 is 12.1 Å². The van der Waals surface area contributed by atoms with Gasteiger partial charge >= 0.3 is 5.97 Å². The fourth-order valence-corrected chi connectivity index (χ4v) is 10.4. The number of allylic oxidation sites excluding steroid dienone is 4. The van der Waals surface area contributed by atoms with Gasteiger partial charge in [-0.1, -0.05) is 308 Å². The zero-order valence-electron chi connectivity index (χ0n) is 49.4.